The summed E-state index contributed by atoms with van der Waals surface area (Å²) < 4.78 is 42.4. The Hall–Kier alpha value is -3.08. The maximum atomic E-state index is 13.2. The van der Waals surface area contributed by atoms with Gasteiger partial charge in [-0.1, -0.05) is 37.3 Å². The van der Waals surface area contributed by atoms with E-state index in [-0.39, 0.29) is 35.6 Å². The highest BCUT2D eigenvalue weighted by atomic mass is 32.2. The zero-order valence-electron chi connectivity index (χ0n) is 23.6. The first kappa shape index (κ1) is 32.1. The van der Waals surface area contributed by atoms with E-state index in [1.807, 2.05) is 13.0 Å². The van der Waals surface area contributed by atoms with Crippen LogP contribution in [0.2, 0.25) is 0 Å². The lowest BCUT2D eigenvalue weighted by Gasteiger charge is -2.34. The summed E-state index contributed by atoms with van der Waals surface area (Å²) in [5, 5.41) is 0. The van der Waals surface area contributed by atoms with Crippen LogP contribution in [0.1, 0.15) is 56.5 Å². The lowest BCUT2D eigenvalue weighted by molar-refractivity contribution is -0.888. The summed E-state index contributed by atoms with van der Waals surface area (Å²) in [5.41, 5.74) is -0.939. The summed E-state index contributed by atoms with van der Waals surface area (Å²) in [7, 11) is -0.523. The van der Waals surface area contributed by atoms with Crippen LogP contribution >= 0.6 is 0 Å². The van der Waals surface area contributed by atoms with Crippen LogP contribution < -0.4 is 4.74 Å². The molecule has 1 N–H and O–H groups in total. The summed E-state index contributed by atoms with van der Waals surface area (Å²) in [6, 6.07) is 15.3. The van der Waals surface area contributed by atoms with Crippen molar-refractivity contribution in [3.05, 3.63) is 65.7 Å². The first-order valence-corrected chi connectivity index (χ1v) is 14.5. The maximum absolute atomic E-state index is 13.2. The summed E-state index contributed by atoms with van der Waals surface area (Å²) in [6.07, 6.45) is 0.604. The first-order valence-electron chi connectivity index (χ1n) is 12.8. The number of nitrogens with zero attached hydrogens (tertiary/aromatic N) is 1. The molecule has 0 aliphatic rings. The highest BCUT2D eigenvalue weighted by Crippen LogP contribution is 2.39. The van der Waals surface area contributed by atoms with E-state index < -0.39 is 32.9 Å². The minimum Gasteiger partial charge on any atom is -0.459 e. The number of rotatable bonds is 14. The van der Waals surface area contributed by atoms with Crippen molar-refractivity contribution in [3.8, 4) is 5.75 Å². The van der Waals surface area contributed by atoms with E-state index >= 15 is 0 Å². The normalized spacial score (nSPS) is 13.8. The minimum atomic E-state index is -4.08. The Morgan fingerprint density at radius 3 is 1.97 bits per heavy atom. The van der Waals surface area contributed by atoms with Crippen molar-refractivity contribution in [2.75, 3.05) is 39.5 Å². The Bertz CT molecular complexity index is 1250. The molecule has 10 heteroatoms. The summed E-state index contributed by atoms with van der Waals surface area (Å²) >= 11 is 0. The van der Waals surface area contributed by atoms with Crippen LogP contribution in [0.4, 0.5) is 0 Å². The molecule has 1 unspecified atom stereocenters. The van der Waals surface area contributed by atoms with E-state index in [0.29, 0.717) is 29.8 Å². The Labute approximate surface area is 231 Å². The van der Waals surface area contributed by atoms with Gasteiger partial charge in [0.15, 0.2) is 5.78 Å². The molecule has 0 saturated heterocycles. The number of carbonyl (C=O) groups is 3. The molecule has 0 bridgehead atoms. The minimum absolute atomic E-state index is 0.0576. The number of carbonyl (C=O) groups excluding carboxylic acids is 3. The number of hydrogen-bond acceptors (Lipinski definition) is 7. The molecule has 0 radical (unpaired) electrons. The molecule has 0 spiro atoms. The van der Waals surface area contributed by atoms with E-state index in [0.717, 1.165) is 0 Å². The molecule has 39 heavy (non-hydrogen) atoms. The molecule has 0 fully saturated rings. The van der Waals surface area contributed by atoms with E-state index in [2.05, 4.69) is 0 Å². The molecular weight excluding hydrogens is 522 g/mol. The monoisotopic (exact) mass is 562 g/mol. The zero-order valence-corrected chi connectivity index (χ0v) is 24.4. The van der Waals surface area contributed by atoms with Crippen molar-refractivity contribution in [1.29, 1.82) is 0 Å². The molecule has 214 valence electrons. The number of likely N-dealkylation sites (N-methyl/N-ethyl adjacent to an activating group) is 1. The number of benzene rings is 2. The molecule has 1 atom stereocenters. The fourth-order valence-electron chi connectivity index (χ4n) is 4.10. The van der Waals surface area contributed by atoms with Crippen molar-refractivity contribution in [1.82, 2.24) is 0 Å². The second-order valence-corrected chi connectivity index (χ2v) is 13.0. The van der Waals surface area contributed by atoms with Crippen molar-refractivity contribution in [2.45, 2.75) is 40.5 Å². The van der Waals surface area contributed by atoms with Crippen molar-refractivity contribution in [2.24, 2.45) is 10.8 Å². The van der Waals surface area contributed by atoms with Crippen LogP contribution in [0.15, 0.2) is 54.6 Å². The van der Waals surface area contributed by atoms with Crippen LogP contribution in [-0.2, 0) is 24.4 Å². The molecule has 0 amide bonds. The van der Waals surface area contributed by atoms with E-state index in [1.165, 1.54) is 0 Å². The Balaban J connectivity index is 1.98. The zero-order chi connectivity index (χ0) is 29.5. The van der Waals surface area contributed by atoms with Gasteiger partial charge < -0.3 is 14.0 Å². The largest absolute Gasteiger partial charge is 0.459 e. The van der Waals surface area contributed by atoms with Gasteiger partial charge in [0.1, 0.15) is 24.7 Å². The standard InChI is InChI=1S/C29H39NO8S/c1-7-29(4,21-28(2,3)26(32)37-19-17-30(5,6)18-20-39(34,35)36)27(33)38-24-15-13-23(14-16-24)25(31)22-11-9-8-10-12-22/h8-16H,7,17-21H2,1-6H3/p+1. The molecule has 0 aliphatic carbocycles. The average molecular weight is 563 g/mol. The quantitative estimate of drug-likeness (QED) is 0.120. The predicted octanol–water partition coefficient (Wildman–Crippen LogP) is 4.16. The highest BCUT2D eigenvalue weighted by molar-refractivity contribution is 7.85. The van der Waals surface area contributed by atoms with Gasteiger partial charge in [-0.15, -0.1) is 0 Å². The predicted molar refractivity (Wildman–Crippen MR) is 148 cm³/mol. The lowest BCUT2D eigenvalue weighted by atomic mass is 9.72. The van der Waals surface area contributed by atoms with E-state index in [9.17, 15) is 22.8 Å². The molecule has 2 rings (SSSR count). The van der Waals surface area contributed by atoms with Crippen LogP contribution in [-0.4, -0.2) is 74.7 Å². The Kier molecular flexibility index (Phi) is 10.6. The van der Waals surface area contributed by atoms with Gasteiger partial charge in [0.2, 0.25) is 0 Å². The first-order chi connectivity index (χ1) is 18.0. The van der Waals surface area contributed by atoms with Crippen LogP contribution in [0, 0.1) is 10.8 Å². The third-order valence-corrected chi connectivity index (χ3v) is 7.60. The SMILES string of the molecule is CCC(C)(CC(C)(C)C(=O)OCC[N+](C)(C)CCS(=O)(=O)O)C(=O)Oc1ccc(C(=O)c2ccccc2)cc1. The van der Waals surface area contributed by atoms with Gasteiger partial charge in [-0.25, -0.2) is 0 Å². The van der Waals surface area contributed by atoms with Gasteiger partial charge in [0.05, 0.1) is 31.5 Å². The molecule has 0 aliphatic heterocycles. The van der Waals surface area contributed by atoms with Gasteiger partial charge in [-0.3, -0.25) is 18.9 Å². The highest BCUT2D eigenvalue weighted by Gasteiger charge is 2.43. The second kappa shape index (κ2) is 12.8. The van der Waals surface area contributed by atoms with Crippen molar-refractivity contribution < 1.29 is 41.3 Å². The molecular formula is C29H40NO8S+. The molecule has 0 saturated carbocycles. The van der Waals surface area contributed by atoms with Crippen LogP contribution in [0.25, 0.3) is 0 Å². The van der Waals surface area contributed by atoms with Gasteiger partial charge in [0.25, 0.3) is 10.1 Å². The number of esters is 2. The topological polar surface area (TPSA) is 124 Å². The third-order valence-electron chi connectivity index (χ3n) is 6.91. The molecule has 0 heterocycles. The fraction of sp³-hybridized carbons (Fsp3) is 0.483. The van der Waals surface area contributed by atoms with Crippen molar-refractivity contribution >= 4 is 27.8 Å². The summed E-state index contributed by atoms with van der Waals surface area (Å²) in [5.74, 6) is -1.19. The third kappa shape index (κ3) is 9.87. The molecule has 2 aromatic rings. The summed E-state index contributed by atoms with van der Waals surface area (Å²) in [6.45, 7) is 7.58. The summed E-state index contributed by atoms with van der Waals surface area (Å²) in [4.78, 5) is 38.7. The molecule has 0 aromatic heterocycles. The van der Waals surface area contributed by atoms with Gasteiger partial charge in [0, 0.05) is 11.1 Å². The number of quaternary nitrogens is 1. The smallest absolute Gasteiger partial charge is 0.317 e. The number of hydrogen-bond donors (Lipinski definition) is 1. The van der Waals surface area contributed by atoms with Crippen molar-refractivity contribution in [3.63, 3.8) is 0 Å². The van der Waals surface area contributed by atoms with Crippen LogP contribution in [0.5, 0.6) is 5.75 Å². The lowest BCUT2D eigenvalue weighted by Crippen LogP contribution is -2.46. The van der Waals surface area contributed by atoms with E-state index in [4.69, 9.17) is 14.0 Å². The number of ketones is 1. The van der Waals surface area contributed by atoms with Crippen LogP contribution in [0.3, 0.4) is 0 Å². The van der Waals surface area contributed by atoms with E-state index in [1.54, 1.807) is 83.4 Å². The Morgan fingerprint density at radius 1 is 0.872 bits per heavy atom. The maximum Gasteiger partial charge on any atom is 0.317 e. The molecule has 2 aromatic carbocycles. The Morgan fingerprint density at radius 2 is 1.44 bits per heavy atom. The van der Waals surface area contributed by atoms with Gasteiger partial charge in [-0.05, 0) is 57.9 Å². The fourth-order valence-corrected chi connectivity index (χ4v) is 4.83. The van der Waals surface area contributed by atoms with Gasteiger partial charge >= 0.3 is 11.9 Å². The average Bonchev–Trinajstić information content (AvgIpc) is 2.87. The number of ether oxygens (including phenoxy) is 2. The second-order valence-electron chi connectivity index (χ2n) is 11.4. The van der Waals surface area contributed by atoms with Gasteiger partial charge in [-0.2, -0.15) is 8.42 Å². The molecule has 9 nitrogen and oxygen atoms in total.